The molecule has 5 nitrogen and oxygen atoms in total. The molecule has 0 aliphatic heterocycles. The van der Waals surface area contributed by atoms with E-state index in [9.17, 15) is 9.59 Å². The monoisotopic (exact) mass is 399 g/mol. The number of benzene rings is 2. The quantitative estimate of drug-likeness (QED) is 0.404. The van der Waals surface area contributed by atoms with Crippen molar-refractivity contribution in [2.75, 3.05) is 0 Å². The van der Waals surface area contributed by atoms with E-state index in [-0.39, 0.29) is 18.9 Å². The molecular weight excluding hydrogens is 374 g/mol. The molecular formula is C25H25N3O2. The second kappa shape index (κ2) is 9.06. The highest BCUT2D eigenvalue weighted by molar-refractivity contribution is 6.08. The summed E-state index contributed by atoms with van der Waals surface area (Å²) in [4.78, 5) is 29.9. The first-order valence-corrected chi connectivity index (χ1v) is 9.69. The van der Waals surface area contributed by atoms with Gasteiger partial charge in [0, 0.05) is 30.5 Å². The number of fused-ring (bicyclic) bond motifs is 3. The molecule has 0 unspecified atom stereocenters. The first kappa shape index (κ1) is 20.8. The lowest BCUT2D eigenvalue weighted by Crippen LogP contribution is -2.27. The molecule has 1 N–H and O–H groups in total. The maximum Gasteiger partial charge on any atom is 0.258 e. The van der Waals surface area contributed by atoms with Gasteiger partial charge in [-0.1, -0.05) is 36.4 Å². The average Bonchev–Trinajstić information content (AvgIpc) is 2.81. The molecule has 0 fully saturated rings. The van der Waals surface area contributed by atoms with Crippen LogP contribution in [0.2, 0.25) is 0 Å². The summed E-state index contributed by atoms with van der Waals surface area (Å²) in [6.45, 7) is 4.41. The van der Waals surface area contributed by atoms with Gasteiger partial charge in [0.15, 0.2) is 0 Å². The summed E-state index contributed by atoms with van der Waals surface area (Å²) >= 11 is 0. The third-order valence-electron chi connectivity index (χ3n) is 5.10. The molecule has 2 heterocycles. The van der Waals surface area contributed by atoms with Gasteiger partial charge in [0.1, 0.15) is 0 Å². The number of pyridine rings is 2. The van der Waals surface area contributed by atoms with Crippen LogP contribution in [0.3, 0.4) is 0 Å². The Morgan fingerprint density at radius 2 is 1.83 bits per heavy atom. The van der Waals surface area contributed by atoms with Crippen LogP contribution in [0.15, 0.2) is 71.8 Å². The van der Waals surface area contributed by atoms with Gasteiger partial charge in [-0.15, -0.1) is 12.8 Å². The van der Waals surface area contributed by atoms with E-state index in [0.29, 0.717) is 17.5 Å². The number of amides is 1. The number of aryl methyl sites for hydroxylation is 1. The number of nitrogens with one attached hydrogen (secondary N) is 1. The molecule has 2 aromatic carbocycles. The van der Waals surface area contributed by atoms with Crippen molar-refractivity contribution >= 4 is 27.6 Å². The van der Waals surface area contributed by atoms with Crippen LogP contribution >= 0.6 is 0 Å². The lowest BCUT2D eigenvalue weighted by atomic mass is 10.0. The standard InChI is InChI=1S/C23H21N3O2.C2H2.H2/c1-3-26-21-14-24-12-11-19(21)18-10-9-17(13-20(18)23(26)28)22(27)25-15(2)16-7-5-4-6-8-16;1-2;/h4-15H,3H2,1-2H3,(H,25,27);1-2H;1H/t15-;;/m1../s1. The Morgan fingerprint density at radius 3 is 2.53 bits per heavy atom. The van der Waals surface area contributed by atoms with E-state index in [0.717, 1.165) is 21.9 Å². The van der Waals surface area contributed by atoms with Crippen molar-refractivity contribution in [2.24, 2.45) is 0 Å². The van der Waals surface area contributed by atoms with E-state index in [1.807, 2.05) is 56.3 Å². The average molecular weight is 399 g/mol. The summed E-state index contributed by atoms with van der Waals surface area (Å²) in [5, 5.41) is 5.33. The number of rotatable bonds is 4. The van der Waals surface area contributed by atoms with E-state index in [2.05, 4.69) is 23.1 Å². The van der Waals surface area contributed by atoms with Gasteiger partial charge in [-0.25, -0.2) is 0 Å². The van der Waals surface area contributed by atoms with Crippen LogP contribution in [0.4, 0.5) is 0 Å². The first-order valence-electron chi connectivity index (χ1n) is 9.69. The summed E-state index contributed by atoms with van der Waals surface area (Å²) in [6.07, 6.45) is 11.4. The fourth-order valence-corrected chi connectivity index (χ4v) is 3.60. The normalized spacial score (nSPS) is 11.5. The van der Waals surface area contributed by atoms with Gasteiger partial charge in [-0.2, -0.15) is 0 Å². The van der Waals surface area contributed by atoms with Gasteiger partial charge in [0.2, 0.25) is 0 Å². The Hall–Kier alpha value is -3.91. The molecule has 4 rings (SSSR count). The van der Waals surface area contributed by atoms with Crippen molar-refractivity contribution in [2.45, 2.75) is 26.4 Å². The minimum Gasteiger partial charge on any atom is -0.346 e. The molecule has 0 spiro atoms. The highest BCUT2D eigenvalue weighted by atomic mass is 16.1. The fourth-order valence-electron chi connectivity index (χ4n) is 3.60. The Labute approximate surface area is 176 Å². The molecule has 1 atom stereocenters. The Bertz CT molecular complexity index is 1280. The highest BCUT2D eigenvalue weighted by Gasteiger charge is 2.15. The van der Waals surface area contributed by atoms with Crippen molar-refractivity contribution in [3.05, 3.63) is 88.5 Å². The van der Waals surface area contributed by atoms with Crippen LogP contribution in [0.5, 0.6) is 0 Å². The maximum absolute atomic E-state index is 13.0. The largest absolute Gasteiger partial charge is 0.346 e. The summed E-state index contributed by atoms with van der Waals surface area (Å²) in [6, 6.07) is 16.9. The van der Waals surface area contributed by atoms with Crippen molar-refractivity contribution in [3.63, 3.8) is 0 Å². The number of nitrogens with zero attached hydrogens (tertiary/aromatic N) is 2. The molecule has 2 aromatic heterocycles. The summed E-state index contributed by atoms with van der Waals surface area (Å²) in [7, 11) is 0. The number of hydrogen-bond acceptors (Lipinski definition) is 3. The van der Waals surface area contributed by atoms with Crippen molar-refractivity contribution in [3.8, 4) is 12.8 Å². The lowest BCUT2D eigenvalue weighted by Gasteiger charge is -2.15. The van der Waals surface area contributed by atoms with Crippen molar-refractivity contribution in [1.29, 1.82) is 0 Å². The summed E-state index contributed by atoms with van der Waals surface area (Å²) in [5.41, 5.74) is 2.20. The van der Waals surface area contributed by atoms with E-state index in [4.69, 9.17) is 0 Å². The predicted molar refractivity (Wildman–Crippen MR) is 124 cm³/mol. The zero-order valence-electron chi connectivity index (χ0n) is 17.0. The molecule has 30 heavy (non-hydrogen) atoms. The van der Waals surface area contributed by atoms with E-state index in [1.54, 1.807) is 29.1 Å². The SMILES string of the molecule is C#C.CCn1c(=O)c2cc(C(=O)N[C@H](C)c3ccccc3)ccc2c2ccncc21.[HH]. The summed E-state index contributed by atoms with van der Waals surface area (Å²) < 4.78 is 1.69. The van der Waals surface area contributed by atoms with E-state index >= 15 is 0 Å². The van der Waals surface area contributed by atoms with Crippen LogP contribution in [0, 0.1) is 12.8 Å². The highest BCUT2D eigenvalue weighted by Crippen LogP contribution is 2.23. The first-order chi connectivity index (χ1) is 14.6. The number of aromatic nitrogens is 2. The van der Waals surface area contributed by atoms with E-state index < -0.39 is 0 Å². The minimum absolute atomic E-state index is 0. The van der Waals surface area contributed by atoms with Crippen LogP contribution in [-0.2, 0) is 6.54 Å². The molecule has 0 bridgehead atoms. The Balaban J connectivity index is 0.00000111. The molecule has 0 saturated heterocycles. The predicted octanol–water partition coefficient (Wildman–Crippen LogP) is 4.56. The minimum atomic E-state index is -0.199. The number of carbonyl (C=O) groups excluding carboxylic acids is 1. The zero-order chi connectivity index (χ0) is 21.7. The molecule has 1 amide bonds. The Kier molecular flexibility index (Phi) is 6.29. The number of hydrogen-bond donors (Lipinski definition) is 1. The van der Waals surface area contributed by atoms with Gasteiger partial charge < -0.3 is 9.88 Å². The molecule has 0 aliphatic rings. The van der Waals surface area contributed by atoms with Gasteiger partial charge in [-0.3, -0.25) is 14.6 Å². The van der Waals surface area contributed by atoms with Crippen molar-refractivity contribution < 1.29 is 6.22 Å². The maximum atomic E-state index is 13.0. The van der Waals surface area contributed by atoms with Crippen LogP contribution in [-0.4, -0.2) is 15.5 Å². The van der Waals surface area contributed by atoms with Crippen LogP contribution in [0.1, 0.15) is 37.2 Å². The number of terminal acetylenes is 1. The van der Waals surface area contributed by atoms with E-state index in [1.165, 1.54) is 0 Å². The fraction of sp³-hybridized carbons (Fsp3) is 0.160. The lowest BCUT2D eigenvalue weighted by molar-refractivity contribution is 0.0940. The summed E-state index contributed by atoms with van der Waals surface area (Å²) in [5.74, 6) is -0.199. The van der Waals surface area contributed by atoms with Gasteiger partial charge >= 0.3 is 0 Å². The third kappa shape index (κ3) is 3.81. The van der Waals surface area contributed by atoms with Gasteiger partial charge in [0.25, 0.3) is 11.5 Å². The smallest absolute Gasteiger partial charge is 0.258 e. The molecule has 0 aliphatic carbocycles. The van der Waals surface area contributed by atoms with Crippen LogP contribution in [0.25, 0.3) is 21.7 Å². The zero-order valence-corrected chi connectivity index (χ0v) is 17.0. The topological polar surface area (TPSA) is 64.0 Å². The molecule has 0 saturated carbocycles. The number of carbonyl (C=O) groups is 1. The van der Waals surface area contributed by atoms with Crippen molar-refractivity contribution in [1.82, 2.24) is 14.9 Å². The molecule has 4 aromatic rings. The van der Waals surface area contributed by atoms with Gasteiger partial charge in [0.05, 0.1) is 17.8 Å². The molecule has 5 heteroatoms. The Morgan fingerprint density at radius 1 is 1.10 bits per heavy atom. The second-order valence-electron chi connectivity index (χ2n) is 6.81. The molecule has 0 radical (unpaired) electrons. The van der Waals surface area contributed by atoms with Crippen LogP contribution < -0.4 is 10.9 Å². The van der Waals surface area contributed by atoms with Gasteiger partial charge in [-0.05, 0) is 43.0 Å². The molecule has 152 valence electrons. The second-order valence-corrected chi connectivity index (χ2v) is 6.81. The third-order valence-corrected chi connectivity index (χ3v) is 5.10.